The van der Waals surface area contributed by atoms with E-state index in [2.05, 4.69) is 15.5 Å². The third-order valence-electron chi connectivity index (χ3n) is 13.1. The summed E-state index contributed by atoms with van der Waals surface area (Å²) in [5, 5.41) is 59.7. The van der Waals surface area contributed by atoms with Crippen LogP contribution in [0, 0.1) is 33.8 Å². The largest absolute Gasteiger partial charge is 0.459 e. The first-order chi connectivity index (χ1) is 30.0. The number of ether oxygens (including phenoxy) is 4. The number of hydrogen-bond donors (Lipinski definition) is 3. The van der Waals surface area contributed by atoms with Crippen molar-refractivity contribution in [2.45, 2.75) is 148 Å². The molecule has 0 bridgehead atoms. The Morgan fingerprint density at radius 2 is 1.70 bits per heavy atom. The van der Waals surface area contributed by atoms with E-state index in [1.807, 2.05) is 51.0 Å². The van der Waals surface area contributed by atoms with Crippen LogP contribution in [0.15, 0.2) is 35.6 Å². The van der Waals surface area contributed by atoms with Crippen LogP contribution < -0.4 is 0 Å². The number of aromatic nitrogens is 3. The summed E-state index contributed by atoms with van der Waals surface area (Å²) in [6.07, 6.45) is -2.58. The maximum Gasteiger partial charge on any atom is 0.316 e. The Morgan fingerprint density at radius 1 is 1.03 bits per heavy atom. The number of aliphatic hydroxyl groups excluding tert-OH is 2. The molecule has 2 fully saturated rings. The van der Waals surface area contributed by atoms with Crippen molar-refractivity contribution in [1.82, 2.24) is 24.8 Å². The highest BCUT2D eigenvalue weighted by atomic mass is 16.7. The fourth-order valence-corrected chi connectivity index (χ4v) is 8.93. The number of carbonyl (C=O) groups is 2. The minimum atomic E-state index is -1.92. The number of hydrogen-bond acceptors (Lipinski definition) is 17. The van der Waals surface area contributed by atoms with Crippen LogP contribution >= 0.6 is 0 Å². The predicted molar refractivity (Wildman–Crippen MR) is 237 cm³/mol. The van der Waals surface area contributed by atoms with Gasteiger partial charge in [0.1, 0.15) is 30.3 Å². The average molecular weight is 904 g/mol. The molecule has 0 unspecified atom stereocenters. The van der Waals surface area contributed by atoms with Crippen LogP contribution in [-0.2, 0) is 52.8 Å². The van der Waals surface area contributed by atoms with Crippen molar-refractivity contribution in [3.63, 3.8) is 0 Å². The Kier molecular flexibility index (Phi) is 18.9. The normalized spacial score (nSPS) is 34.2. The lowest BCUT2D eigenvalue weighted by Gasteiger charge is -2.47. The first kappa shape index (κ1) is 52.7. The summed E-state index contributed by atoms with van der Waals surface area (Å²) >= 11 is 0. The lowest BCUT2D eigenvalue weighted by atomic mass is 9.74. The summed E-state index contributed by atoms with van der Waals surface area (Å²) in [6.45, 7) is 15.4. The van der Waals surface area contributed by atoms with E-state index in [9.17, 15) is 35.0 Å². The Hall–Kier alpha value is -3.95. The summed E-state index contributed by atoms with van der Waals surface area (Å²) in [4.78, 5) is 48.4. The number of rotatable bonds is 16. The second-order valence-electron chi connectivity index (χ2n) is 18.5. The highest BCUT2D eigenvalue weighted by molar-refractivity contribution is 6.00. The minimum Gasteiger partial charge on any atom is -0.459 e. The van der Waals surface area contributed by atoms with Gasteiger partial charge in [-0.25, -0.2) is 0 Å². The van der Waals surface area contributed by atoms with Crippen LogP contribution in [0.1, 0.15) is 85.9 Å². The molecule has 19 heteroatoms. The van der Waals surface area contributed by atoms with Crippen molar-refractivity contribution >= 4 is 23.2 Å². The van der Waals surface area contributed by atoms with Crippen LogP contribution in [0.3, 0.4) is 0 Å². The Morgan fingerprint density at radius 3 is 2.31 bits per heavy atom. The van der Waals surface area contributed by atoms with Crippen molar-refractivity contribution in [2.24, 2.45) is 28.8 Å². The standard InChI is InChI=1S/C45H73N7O12/c1-13-36-45(8,57)40(55)29(4)37(47-61-23-22-49(9)10)27(2)25-44(7,60-12)41(30(5)38(53)31(6)42(56)63-36)64-43-39(54)35(24-28(3)62-43)50(11)20-19-33-26-51(48-46-33)21-18-32-14-16-34(17-15-32)52(58)59/h14-17,26-31,35-36,39-41,43,54-55,57H,13,18-25H2,1-12H3/t27-,28-,29+,30+,31-,35+,36-,39-,40-,41-,43+,44-,45-/m1/s1. The Balaban J connectivity index is 1.59. The molecular formula is C45H73N7O12. The number of benzene rings is 1. The maximum atomic E-state index is 14.4. The fraction of sp³-hybridized carbons (Fsp3) is 0.756. The number of nitrogens with zero attached hydrogens (tertiary/aromatic N) is 7. The third kappa shape index (κ3) is 13.1. The van der Waals surface area contributed by atoms with E-state index < -0.39 is 88.3 Å². The van der Waals surface area contributed by atoms with Gasteiger partial charge in [-0.3, -0.25) is 24.4 Å². The number of ketones is 1. The van der Waals surface area contributed by atoms with Crippen LogP contribution in [0.25, 0.3) is 0 Å². The van der Waals surface area contributed by atoms with Gasteiger partial charge in [-0.15, -0.1) is 5.10 Å². The molecule has 2 aliphatic heterocycles. The zero-order valence-electron chi connectivity index (χ0n) is 39.7. The molecule has 0 saturated carbocycles. The SMILES string of the molecule is CC[C@H]1OC(=O)[C@H](C)C(=O)[C@H](C)[C@@H](O[C@@H]2O[C@H](C)C[C@H](N(C)CCc3cn(CCc4ccc([N+](=O)[O-])cc4)nn3)[C@H]2O)[C@](C)(OC)C[C@@H](C)C(=NOCCN(C)C)[C@H](C)[C@@H](O)[C@]1(C)O. The molecule has 2 aromatic rings. The average Bonchev–Trinajstić information content (AvgIpc) is 3.72. The molecule has 0 spiro atoms. The first-order valence-corrected chi connectivity index (χ1v) is 22.4. The Bertz CT molecular complexity index is 1860. The van der Waals surface area contributed by atoms with Crippen LogP contribution in [0.5, 0.6) is 0 Å². The zero-order valence-corrected chi connectivity index (χ0v) is 39.7. The second-order valence-corrected chi connectivity index (χ2v) is 18.5. The molecular weight excluding hydrogens is 831 g/mol. The predicted octanol–water partition coefficient (Wildman–Crippen LogP) is 3.44. The van der Waals surface area contributed by atoms with Crippen LogP contribution in [-0.4, -0.2) is 165 Å². The number of nitro benzene ring substituents is 1. The van der Waals surface area contributed by atoms with E-state index in [0.717, 1.165) is 11.3 Å². The van der Waals surface area contributed by atoms with Gasteiger partial charge in [-0.2, -0.15) is 0 Å². The molecule has 3 heterocycles. The maximum absolute atomic E-state index is 14.4. The van der Waals surface area contributed by atoms with Crippen molar-refractivity contribution in [2.75, 3.05) is 47.9 Å². The van der Waals surface area contributed by atoms with Gasteiger partial charge < -0.3 is 48.9 Å². The zero-order chi connectivity index (χ0) is 47.7. The van der Waals surface area contributed by atoms with Crippen molar-refractivity contribution in [3.05, 3.63) is 51.8 Å². The highest BCUT2D eigenvalue weighted by Gasteiger charge is 2.52. The van der Waals surface area contributed by atoms with Gasteiger partial charge in [0.2, 0.25) is 0 Å². The number of cyclic esters (lactones) is 1. The molecule has 2 saturated heterocycles. The molecule has 13 atom stereocenters. The van der Waals surface area contributed by atoms with Crippen molar-refractivity contribution < 1.29 is 53.6 Å². The molecule has 0 amide bonds. The number of carbonyl (C=O) groups excluding carboxylic acids is 2. The van der Waals surface area contributed by atoms with Crippen LogP contribution in [0.4, 0.5) is 5.69 Å². The first-order valence-electron chi connectivity index (χ1n) is 22.4. The number of oxime groups is 1. The van der Waals surface area contributed by atoms with Crippen molar-refractivity contribution in [1.29, 1.82) is 0 Å². The number of aliphatic hydroxyl groups is 3. The van der Waals surface area contributed by atoms with Crippen LogP contribution in [0.2, 0.25) is 0 Å². The van der Waals surface area contributed by atoms with Gasteiger partial charge in [0.25, 0.3) is 5.69 Å². The minimum absolute atomic E-state index is 0.0387. The number of non-ortho nitro benzene ring substituents is 1. The molecule has 360 valence electrons. The topological polar surface area (TPSA) is 234 Å². The van der Waals surface area contributed by atoms with Crippen molar-refractivity contribution in [3.8, 4) is 0 Å². The Labute approximate surface area is 377 Å². The van der Waals surface area contributed by atoms with E-state index in [4.69, 9.17) is 23.8 Å². The molecule has 0 radical (unpaired) electrons. The van der Waals surface area contributed by atoms with E-state index in [1.165, 1.54) is 33.1 Å². The van der Waals surface area contributed by atoms with E-state index >= 15 is 0 Å². The van der Waals surface area contributed by atoms with E-state index in [1.54, 1.807) is 44.5 Å². The van der Waals surface area contributed by atoms with Gasteiger partial charge in [0, 0.05) is 75.3 Å². The monoisotopic (exact) mass is 904 g/mol. The molecule has 3 N–H and O–H groups in total. The number of Topliss-reactive ketones (excluding diaryl/α,β-unsaturated/α-hetero) is 1. The molecule has 0 aliphatic carbocycles. The lowest BCUT2D eigenvalue weighted by molar-refractivity contribution is -0.384. The summed E-state index contributed by atoms with van der Waals surface area (Å²) in [5.41, 5.74) is -1.04. The summed E-state index contributed by atoms with van der Waals surface area (Å²) < 4.78 is 26.9. The number of nitro groups is 1. The number of likely N-dealkylation sites (N-methyl/N-ethyl adjacent to an activating group) is 2. The molecule has 4 rings (SSSR count). The molecule has 1 aromatic carbocycles. The summed E-state index contributed by atoms with van der Waals surface area (Å²) in [5.74, 6) is -4.89. The van der Waals surface area contributed by atoms with Gasteiger partial charge in [0.15, 0.2) is 12.1 Å². The highest BCUT2D eigenvalue weighted by Crippen LogP contribution is 2.39. The van der Waals surface area contributed by atoms with Gasteiger partial charge in [-0.05, 0) is 80.1 Å². The van der Waals surface area contributed by atoms with Gasteiger partial charge in [-0.1, -0.05) is 50.2 Å². The number of aryl methyl sites for hydroxylation is 2. The van der Waals surface area contributed by atoms with Gasteiger partial charge >= 0.3 is 5.97 Å². The number of esters is 1. The third-order valence-corrected chi connectivity index (χ3v) is 13.1. The fourth-order valence-electron chi connectivity index (χ4n) is 8.93. The van der Waals surface area contributed by atoms with E-state index in [0.29, 0.717) is 44.6 Å². The lowest BCUT2D eigenvalue weighted by Crippen LogP contribution is -2.60. The van der Waals surface area contributed by atoms with E-state index in [-0.39, 0.29) is 31.2 Å². The second kappa shape index (κ2) is 23.0. The number of methoxy groups -OCH3 is 1. The molecule has 19 nitrogen and oxygen atoms in total. The quantitative estimate of drug-likeness (QED) is 0.0720. The molecule has 2 aliphatic rings. The van der Waals surface area contributed by atoms with Gasteiger partial charge in [0.05, 0.1) is 40.2 Å². The molecule has 64 heavy (non-hydrogen) atoms. The smallest absolute Gasteiger partial charge is 0.316 e. The molecule has 1 aromatic heterocycles. The summed E-state index contributed by atoms with van der Waals surface area (Å²) in [6, 6.07) is 6.01. The summed E-state index contributed by atoms with van der Waals surface area (Å²) in [7, 11) is 7.22.